The van der Waals surface area contributed by atoms with Crippen LogP contribution >= 0.6 is 12.2 Å². The van der Waals surface area contributed by atoms with Crippen LogP contribution in [0.5, 0.6) is 0 Å². The van der Waals surface area contributed by atoms with Gasteiger partial charge in [0.1, 0.15) is 5.76 Å². The number of nitrogens with zero attached hydrogens (tertiary/aromatic N) is 4. The molecule has 128 valence electrons. The number of piperazine rings is 1. The van der Waals surface area contributed by atoms with Crippen LogP contribution in [0.2, 0.25) is 0 Å². The van der Waals surface area contributed by atoms with Gasteiger partial charge in [-0.1, -0.05) is 0 Å². The predicted molar refractivity (Wildman–Crippen MR) is 96.8 cm³/mol. The van der Waals surface area contributed by atoms with E-state index in [2.05, 4.69) is 30.4 Å². The standard InChI is InChI=1S/C16H22N6OS/c24-16(20-13-14-3-1-12-23-14)19-6-7-21-8-10-22(11-9-21)15-17-4-2-5-18-15/h1-5,12H,6-11,13H2,(H2,19,20,24). The van der Waals surface area contributed by atoms with Crippen LogP contribution < -0.4 is 15.5 Å². The lowest BCUT2D eigenvalue weighted by molar-refractivity contribution is 0.260. The number of thiocarbonyl (C=S) groups is 1. The van der Waals surface area contributed by atoms with E-state index in [9.17, 15) is 0 Å². The van der Waals surface area contributed by atoms with Crippen LogP contribution in [0.3, 0.4) is 0 Å². The lowest BCUT2D eigenvalue weighted by Crippen LogP contribution is -2.49. The molecule has 0 bridgehead atoms. The average molecular weight is 346 g/mol. The van der Waals surface area contributed by atoms with Crippen LogP contribution in [-0.2, 0) is 6.54 Å². The molecule has 0 unspecified atom stereocenters. The van der Waals surface area contributed by atoms with Gasteiger partial charge in [-0.15, -0.1) is 0 Å². The molecule has 3 heterocycles. The van der Waals surface area contributed by atoms with Gasteiger partial charge in [0.25, 0.3) is 0 Å². The summed E-state index contributed by atoms with van der Waals surface area (Å²) in [6.07, 6.45) is 5.23. The van der Waals surface area contributed by atoms with Crippen molar-refractivity contribution in [2.75, 3.05) is 44.2 Å². The van der Waals surface area contributed by atoms with Crippen molar-refractivity contribution in [3.8, 4) is 0 Å². The SMILES string of the molecule is S=C(NCCN1CCN(c2ncccn2)CC1)NCc1ccco1. The van der Waals surface area contributed by atoms with Gasteiger partial charge in [0.05, 0.1) is 12.8 Å². The lowest BCUT2D eigenvalue weighted by Gasteiger charge is -2.34. The van der Waals surface area contributed by atoms with Gasteiger partial charge in [-0.2, -0.15) is 0 Å². The maximum Gasteiger partial charge on any atom is 0.225 e. The smallest absolute Gasteiger partial charge is 0.225 e. The highest BCUT2D eigenvalue weighted by Gasteiger charge is 2.18. The van der Waals surface area contributed by atoms with E-state index in [0.29, 0.717) is 11.7 Å². The third kappa shape index (κ3) is 4.90. The summed E-state index contributed by atoms with van der Waals surface area (Å²) in [7, 11) is 0. The van der Waals surface area contributed by atoms with Crippen LogP contribution in [0.1, 0.15) is 5.76 Å². The van der Waals surface area contributed by atoms with E-state index in [1.165, 1.54) is 0 Å². The Balaban J connectivity index is 1.30. The first-order valence-electron chi connectivity index (χ1n) is 8.09. The molecule has 8 heteroatoms. The van der Waals surface area contributed by atoms with Crippen molar-refractivity contribution in [1.82, 2.24) is 25.5 Å². The van der Waals surface area contributed by atoms with E-state index in [-0.39, 0.29) is 0 Å². The van der Waals surface area contributed by atoms with Gasteiger partial charge in [0.2, 0.25) is 5.95 Å². The minimum absolute atomic E-state index is 0.606. The molecule has 0 aromatic carbocycles. The highest BCUT2D eigenvalue weighted by molar-refractivity contribution is 7.80. The van der Waals surface area contributed by atoms with Gasteiger partial charge >= 0.3 is 0 Å². The second-order valence-corrected chi connectivity index (χ2v) is 5.97. The molecule has 0 aliphatic carbocycles. The van der Waals surface area contributed by atoms with E-state index in [0.717, 1.165) is 51.0 Å². The highest BCUT2D eigenvalue weighted by Crippen LogP contribution is 2.09. The maximum absolute atomic E-state index is 5.27. The quantitative estimate of drug-likeness (QED) is 0.747. The summed E-state index contributed by atoms with van der Waals surface area (Å²) in [5, 5.41) is 7.02. The Morgan fingerprint density at radius 1 is 1.12 bits per heavy atom. The fraction of sp³-hybridized carbons (Fsp3) is 0.438. The van der Waals surface area contributed by atoms with E-state index in [1.54, 1.807) is 18.7 Å². The normalized spacial score (nSPS) is 15.2. The Labute approximate surface area is 147 Å². The Bertz CT molecular complexity index is 613. The first-order valence-corrected chi connectivity index (χ1v) is 8.50. The van der Waals surface area contributed by atoms with Crippen LogP contribution in [-0.4, -0.2) is 59.2 Å². The maximum atomic E-state index is 5.27. The van der Waals surface area contributed by atoms with Crippen molar-refractivity contribution in [1.29, 1.82) is 0 Å². The van der Waals surface area contributed by atoms with Crippen molar-refractivity contribution in [2.24, 2.45) is 0 Å². The summed E-state index contributed by atoms with van der Waals surface area (Å²) >= 11 is 5.27. The highest BCUT2D eigenvalue weighted by atomic mass is 32.1. The number of anilines is 1. The number of furan rings is 1. The minimum Gasteiger partial charge on any atom is -0.467 e. The zero-order valence-electron chi connectivity index (χ0n) is 13.5. The monoisotopic (exact) mass is 346 g/mol. The Morgan fingerprint density at radius 2 is 1.92 bits per heavy atom. The summed E-state index contributed by atoms with van der Waals surface area (Å²) in [4.78, 5) is 13.3. The molecule has 0 amide bonds. The summed E-state index contributed by atoms with van der Waals surface area (Å²) < 4.78 is 5.26. The molecule has 2 aromatic rings. The van der Waals surface area contributed by atoms with Crippen molar-refractivity contribution >= 4 is 23.3 Å². The van der Waals surface area contributed by atoms with Gasteiger partial charge in [-0.25, -0.2) is 9.97 Å². The number of hydrogen-bond acceptors (Lipinski definition) is 6. The average Bonchev–Trinajstić information content (AvgIpc) is 3.15. The van der Waals surface area contributed by atoms with Gasteiger partial charge in [-0.05, 0) is 30.4 Å². The first-order chi connectivity index (χ1) is 11.8. The van der Waals surface area contributed by atoms with E-state index < -0.39 is 0 Å². The molecule has 7 nitrogen and oxygen atoms in total. The molecule has 1 fully saturated rings. The first kappa shape index (κ1) is 16.7. The number of nitrogens with one attached hydrogen (secondary N) is 2. The predicted octanol–water partition coefficient (Wildman–Crippen LogP) is 0.856. The fourth-order valence-corrected chi connectivity index (χ4v) is 2.77. The number of hydrogen-bond donors (Lipinski definition) is 2. The Kier molecular flexibility index (Phi) is 5.97. The molecule has 1 aliphatic heterocycles. The second-order valence-electron chi connectivity index (χ2n) is 5.57. The molecule has 2 N–H and O–H groups in total. The number of aromatic nitrogens is 2. The van der Waals surface area contributed by atoms with Crippen molar-refractivity contribution < 1.29 is 4.42 Å². The summed E-state index contributed by atoms with van der Waals surface area (Å²) in [6, 6.07) is 5.63. The van der Waals surface area contributed by atoms with Gasteiger partial charge in [-0.3, -0.25) is 4.90 Å². The molecule has 0 spiro atoms. The zero-order valence-corrected chi connectivity index (χ0v) is 14.3. The van der Waals surface area contributed by atoms with Crippen LogP contribution in [0.4, 0.5) is 5.95 Å². The Hall–Kier alpha value is -2.19. The van der Waals surface area contributed by atoms with E-state index in [4.69, 9.17) is 16.6 Å². The topological polar surface area (TPSA) is 69.5 Å². The third-order valence-corrected chi connectivity index (χ3v) is 4.21. The molecular formula is C16H22N6OS. The van der Waals surface area contributed by atoms with E-state index in [1.807, 2.05) is 18.2 Å². The molecule has 0 radical (unpaired) electrons. The molecular weight excluding hydrogens is 324 g/mol. The van der Waals surface area contributed by atoms with Crippen molar-refractivity contribution in [3.63, 3.8) is 0 Å². The minimum atomic E-state index is 0.606. The van der Waals surface area contributed by atoms with Crippen molar-refractivity contribution in [2.45, 2.75) is 6.54 Å². The molecule has 0 atom stereocenters. The van der Waals surface area contributed by atoms with Crippen LogP contribution in [0.25, 0.3) is 0 Å². The molecule has 24 heavy (non-hydrogen) atoms. The van der Waals surface area contributed by atoms with E-state index >= 15 is 0 Å². The molecule has 0 saturated carbocycles. The summed E-state index contributed by atoms with van der Waals surface area (Å²) in [5.41, 5.74) is 0. The zero-order chi connectivity index (χ0) is 16.6. The molecule has 3 rings (SSSR count). The van der Waals surface area contributed by atoms with Gasteiger partial charge < -0.3 is 20.0 Å². The van der Waals surface area contributed by atoms with Crippen LogP contribution in [0, 0.1) is 0 Å². The summed E-state index contributed by atoms with van der Waals surface area (Å²) in [5.74, 6) is 1.69. The lowest BCUT2D eigenvalue weighted by atomic mass is 10.3. The molecule has 2 aromatic heterocycles. The fourth-order valence-electron chi connectivity index (χ4n) is 2.60. The van der Waals surface area contributed by atoms with Crippen LogP contribution in [0.15, 0.2) is 41.3 Å². The molecule has 1 saturated heterocycles. The van der Waals surface area contributed by atoms with Gasteiger partial charge in [0, 0.05) is 51.7 Å². The number of rotatable bonds is 6. The van der Waals surface area contributed by atoms with Gasteiger partial charge in [0.15, 0.2) is 5.11 Å². The van der Waals surface area contributed by atoms with Crippen molar-refractivity contribution in [3.05, 3.63) is 42.6 Å². The second kappa shape index (κ2) is 8.60. The molecule has 1 aliphatic rings. The third-order valence-electron chi connectivity index (χ3n) is 3.92. The summed E-state index contributed by atoms with van der Waals surface area (Å²) in [6.45, 7) is 6.31. The largest absolute Gasteiger partial charge is 0.467 e. The Morgan fingerprint density at radius 3 is 2.62 bits per heavy atom.